The van der Waals surface area contributed by atoms with Gasteiger partial charge in [-0.25, -0.2) is 9.59 Å². The first-order valence-electron chi connectivity index (χ1n) is 4.99. The Labute approximate surface area is 100 Å². The van der Waals surface area contributed by atoms with Crippen molar-refractivity contribution in [3.63, 3.8) is 0 Å². The van der Waals surface area contributed by atoms with Crippen LogP contribution in [-0.4, -0.2) is 35.9 Å². The number of ether oxygens (including phenoxy) is 2. The normalized spacial score (nSPS) is 12.8. The van der Waals surface area contributed by atoms with E-state index in [1.807, 2.05) is 6.92 Å². The molecule has 1 N–H and O–H groups in total. The van der Waals surface area contributed by atoms with Gasteiger partial charge in [-0.1, -0.05) is 6.92 Å². The zero-order chi connectivity index (χ0) is 12.8. The summed E-state index contributed by atoms with van der Waals surface area (Å²) in [5.74, 6) is 0.202. The van der Waals surface area contributed by atoms with Crippen LogP contribution in [0.4, 0.5) is 4.79 Å². The first-order chi connectivity index (χ1) is 7.30. The van der Waals surface area contributed by atoms with Gasteiger partial charge in [0.25, 0.3) is 0 Å². The van der Waals surface area contributed by atoms with Crippen molar-refractivity contribution in [3.05, 3.63) is 0 Å². The molecule has 0 aromatic rings. The van der Waals surface area contributed by atoms with Crippen molar-refractivity contribution < 1.29 is 19.1 Å². The van der Waals surface area contributed by atoms with E-state index in [0.717, 1.165) is 0 Å². The maximum atomic E-state index is 11.4. The van der Waals surface area contributed by atoms with Crippen LogP contribution in [0.25, 0.3) is 0 Å². The van der Waals surface area contributed by atoms with Crippen LogP contribution in [0.3, 0.4) is 0 Å². The van der Waals surface area contributed by atoms with E-state index in [1.54, 1.807) is 20.8 Å². The fraction of sp³-hybridized carbons (Fsp3) is 0.800. The molecule has 1 unspecified atom stereocenters. The molecule has 0 aromatic heterocycles. The second-order valence-corrected chi connectivity index (χ2v) is 5.39. The lowest BCUT2D eigenvalue weighted by atomic mass is 10.2. The van der Waals surface area contributed by atoms with Crippen LogP contribution in [-0.2, 0) is 14.3 Å². The summed E-state index contributed by atoms with van der Waals surface area (Å²) < 4.78 is 9.60. The fourth-order valence-electron chi connectivity index (χ4n) is 0.857. The summed E-state index contributed by atoms with van der Waals surface area (Å²) in [6, 6.07) is 0. The van der Waals surface area contributed by atoms with E-state index in [0.29, 0.717) is 5.75 Å². The minimum absolute atomic E-state index is 0.488. The van der Waals surface area contributed by atoms with Gasteiger partial charge in [0.2, 0.25) is 0 Å². The summed E-state index contributed by atoms with van der Waals surface area (Å²) in [6.07, 6.45) is -0.621. The van der Waals surface area contributed by atoms with Crippen molar-refractivity contribution in [1.29, 1.82) is 0 Å². The van der Waals surface area contributed by atoms with Gasteiger partial charge in [0.05, 0.1) is 7.11 Å². The highest BCUT2D eigenvalue weighted by Crippen LogP contribution is 2.11. The smallest absolute Gasteiger partial charge is 0.409 e. The molecule has 6 heteroatoms. The lowest BCUT2D eigenvalue weighted by molar-refractivity contribution is -0.140. The summed E-state index contributed by atoms with van der Waals surface area (Å²) in [5.41, 5.74) is -0.582. The first kappa shape index (κ1) is 15.1. The molecule has 5 nitrogen and oxygen atoms in total. The van der Waals surface area contributed by atoms with E-state index in [1.165, 1.54) is 18.9 Å². The maximum absolute atomic E-state index is 11.4. The van der Waals surface area contributed by atoms with Crippen LogP contribution in [0.5, 0.6) is 0 Å². The van der Waals surface area contributed by atoms with E-state index in [4.69, 9.17) is 4.74 Å². The Kier molecular flexibility index (Phi) is 6.25. The maximum Gasteiger partial charge on any atom is 0.409 e. The zero-order valence-electron chi connectivity index (χ0n) is 10.3. The second-order valence-electron chi connectivity index (χ2n) is 4.00. The Bertz CT molecular complexity index is 250. The van der Waals surface area contributed by atoms with Gasteiger partial charge in [0, 0.05) is 0 Å². The molecule has 0 bridgehead atoms. The molecule has 0 heterocycles. The summed E-state index contributed by atoms with van der Waals surface area (Å²) in [4.78, 5) is 22.7. The lowest BCUT2D eigenvalue weighted by Gasteiger charge is -2.22. The van der Waals surface area contributed by atoms with Gasteiger partial charge in [0.1, 0.15) is 5.60 Å². The number of amides is 1. The van der Waals surface area contributed by atoms with Gasteiger partial charge < -0.3 is 9.47 Å². The Morgan fingerprint density at radius 1 is 1.38 bits per heavy atom. The molecule has 0 fully saturated rings. The molecule has 0 radical (unpaired) electrons. The molecule has 0 saturated carbocycles. The molecule has 0 aliphatic heterocycles. The number of rotatable bonds is 4. The third-order valence-electron chi connectivity index (χ3n) is 1.40. The predicted octanol–water partition coefficient (Wildman–Crippen LogP) is 1.76. The van der Waals surface area contributed by atoms with Gasteiger partial charge in [-0.15, -0.1) is 11.8 Å². The van der Waals surface area contributed by atoms with Crippen molar-refractivity contribution in [3.8, 4) is 0 Å². The number of nitrogens with one attached hydrogen (secondary N) is 1. The Morgan fingerprint density at radius 2 is 1.94 bits per heavy atom. The molecule has 94 valence electrons. The number of methoxy groups -OCH3 is 1. The van der Waals surface area contributed by atoms with E-state index in [9.17, 15) is 9.59 Å². The number of esters is 1. The average Bonchev–Trinajstić information content (AvgIpc) is 2.13. The topological polar surface area (TPSA) is 64.6 Å². The van der Waals surface area contributed by atoms with Crippen LogP contribution in [0.1, 0.15) is 27.7 Å². The molecule has 0 aliphatic carbocycles. The molecule has 16 heavy (non-hydrogen) atoms. The lowest BCUT2D eigenvalue weighted by Crippen LogP contribution is -2.42. The van der Waals surface area contributed by atoms with Crippen LogP contribution in [0.2, 0.25) is 0 Å². The molecule has 0 aromatic carbocycles. The minimum atomic E-state index is -0.718. The fourth-order valence-corrected chi connectivity index (χ4v) is 1.60. The van der Waals surface area contributed by atoms with Gasteiger partial charge in [-0.2, -0.15) is 0 Å². The van der Waals surface area contributed by atoms with Crippen LogP contribution >= 0.6 is 11.8 Å². The summed E-state index contributed by atoms with van der Waals surface area (Å²) >= 11 is 1.28. The van der Waals surface area contributed by atoms with E-state index in [-0.39, 0.29) is 0 Å². The molecular formula is C10H19NO4S. The molecule has 0 rings (SSSR count). The van der Waals surface area contributed by atoms with Gasteiger partial charge in [-0.05, 0) is 26.5 Å². The largest absolute Gasteiger partial charge is 0.467 e. The average molecular weight is 249 g/mol. The highest BCUT2D eigenvalue weighted by atomic mass is 32.2. The highest BCUT2D eigenvalue weighted by Gasteiger charge is 2.24. The monoisotopic (exact) mass is 249 g/mol. The van der Waals surface area contributed by atoms with E-state index >= 15 is 0 Å². The third-order valence-corrected chi connectivity index (χ3v) is 2.37. The van der Waals surface area contributed by atoms with E-state index in [2.05, 4.69) is 10.1 Å². The Balaban J connectivity index is 4.29. The van der Waals surface area contributed by atoms with Crippen molar-refractivity contribution >= 4 is 23.8 Å². The Morgan fingerprint density at radius 3 is 2.31 bits per heavy atom. The van der Waals surface area contributed by atoms with Crippen molar-refractivity contribution in [2.24, 2.45) is 0 Å². The third kappa shape index (κ3) is 6.55. The van der Waals surface area contributed by atoms with Crippen LogP contribution in [0, 0.1) is 0 Å². The number of carbonyl (C=O) groups is 2. The molecule has 0 saturated heterocycles. The Hall–Kier alpha value is -0.910. The number of alkyl carbamates (subject to hydrolysis) is 1. The summed E-state index contributed by atoms with van der Waals surface area (Å²) in [5, 5.41) is 1.73. The number of hydrogen-bond donors (Lipinski definition) is 1. The number of thioether (sulfide) groups is 1. The van der Waals surface area contributed by atoms with Gasteiger partial charge in [0.15, 0.2) is 5.37 Å². The number of carbonyl (C=O) groups excluding carboxylic acids is 2. The zero-order valence-corrected chi connectivity index (χ0v) is 11.1. The van der Waals surface area contributed by atoms with Crippen molar-refractivity contribution in [2.45, 2.75) is 38.7 Å². The van der Waals surface area contributed by atoms with Gasteiger partial charge in [-0.3, -0.25) is 5.32 Å². The standard InChI is InChI=1S/C10H19NO4S/c1-6-16-7(8(12)14-5)11-9(13)15-10(2,3)4/h7H,6H2,1-5H3,(H,11,13). The molecule has 0 aliphatic rings. The molecule has 0 spiro atoms. The van der Waals surface area contributed by atoms with Crippen molar-refractivity contribution in [1.82, 2.24) is 5.32 Å². The van der Waals surface area contributed by atoms with Gasteiger partial charge >= 0.3 is 12.1 Å². The minimum Gasteiger partial charge on any atom is -0.467 e. The highest BCUT2D eigenvalue weighted by molar-refractivity contribution is 8.00. The second kappa shape index (κ2) is 6.62. The molecule has 1 amide bonds. The van der Waals surface area contributed by atoms with Crippen LogP contribution < -0.4 is 5.32 Å². The van der Waals surface area contributed by atoms with Crippen LogP contribution in [0.15, 0.2) is 0 Å². The SMILES string of the molecule is CCSC(NC(=O)OC(C)(C)C)C(=O)OC. The first-order valence-corrected chi connectivity index (χ1v) is 6.04. The molecule has 1 atom stereocenters. The predicted molar refractivity (Wildman–Crippen MR) is 63.3 cm³/mol. The summed E-state index contributed by atoms with van der Waals surface area (Å²) in [6.45, 7) is 7.16. The number of hydrogen-bond acceptors (Lipinski definition) is 5. The summed E-state index contributed by atoms with van der Waals surface area (Å²) in [7, 11) is 1.28. The van der Waals surface area contributed by atoms with Crippen molar-refractivity contribution in [2.75, 3.05) is 12.9 Å². The quantitative estimate of drug-likeness (QED) is 0.607. The van der Waals surface area contributed by atoms with E-state index < -0.39 is 23.0 Å². The molecular weight excluding hydrogens is 230 g/mol.